The van der Waals surface area contributed by atoms with Crippen LogP contribution in [0, 0.1) is 0 Å². The van der Waals surface area contributed by atoms with E-state index < -0.39 is 5.97 Å². The maximum Gasteiger partial charge on any atom is 0.411 e. The van der Waals surface area contributed by atoms with Crippen LogP contribution >= 0.6 is 0 Å². The van der Waals surface area contributed by atoms with Gasteiger partial charge in [-0.25, -0.2) is 4.79 Å². The van der Waals surface area contributed by atoms with E-state index in [1.807, 2.05) is 76.5 Å². The van der Waals surface area contributed by atoms with Crippen molar-refractivity contribution in [3.63, 3.8) is 0 Å². The number of hydrogen-bond acceptors (Lipinski definition) is 5. The number of ether oxygens (including phenoxy) is 3. The highest BCUT2D eigenvalue weighted by atomic mass is 16.6. The summed E-state index contributed by atoms with van der Waals surface area (Å²) in [6.45, 7) is 6.51. The van der Waals surface area contributed by atoms with E-state index in [0.29, 0.717) is 36.0 Å². The highest BCUT2D eigenvalue weighted by molar-refractivity contribution is 6.51. The van der Waals surface area contributed by atoms with Gasteiger partial charge in [0.05, 0.1) is 25.6 Å². The van der Waals surface area contributed by atoms with E-state index in [1.165, 1.54) is 0 Å². The second kappa shape index (κ2) is 11.2. The molecule has 8 heteroatoms. The van der Waals surface area contributed by atoms with Crippen molar-refractivity contribution in [3.8, 4) is 17.2 Å². The van der Waals surface area contributed by atoms with Gasteiger partial charge in [0.2, 0.25) is 0 Å². The second-order valence-electron chi connectivity index (χ2n) is 8.63. The zero-order chi connectivity index (χ0) is 25.7. The highest BCUT2D eigenvalue weighted by Crippen LogP contribution is 2.37. The van der Waals surface area contributed by atoms with Gasteiger partial charge < -0.3 is 19.3 Å². The van der Waals surface area contributed by atoms with Crippen molar-refractivity contribution in [2.45, 2.75) is 45.8 Å². The van der Waals surface area contributed by atoms with Gasteiger partial charge in [0.25, 0.3) is 0 Å². The summed E-state index contributed by atoms with van der Waals surface area (Å²) >= 11 is 0. The fraction of sp³-hybridized carbons (Fsp3) is 0.286. The lowest BCUT2D eigenvalue weighted by molar-refractivity contribution is -0.136. The lowest BCUT2D eigenvalue weighted by Gasteiger charge is -2.23. The molecule has 2 atom stereocenters. The third kappa shape index (κ3) is 5.65. The van der Waals surface area contributed by atoms with Crippen LogP contribution in [0.2, 0.25) is 6.82 Å². The van der Waals surface area contributed by atoms with E-state index in [1.54, 1.807) is 23.1 Å². The van der Waals surface area contributed by atoms with Gasteiger partial charge in [0, 0.05) is 5.56 Å². The number of amides is 1. The Balaban J connectivity index is 1.64. The molecule has 1 saturated heterocycles. The van der Waals surface area contributed by atoms with Crippen molar-refractivity contribution in [1.29, 1.82) is 0 Å². The van der Waals surface area contributed by atoms with E-state index in [4.69, 9.17) is 14.2 Å². The van der Waals surface area contributed by atoms with E-state index in [-0.39, 0.29) is 24.7 Å². The van der Waals surface area contributed by atoms with E-state index in [2.05, 4.69) is 0 Å². The number of carboxylic acids is 1. The largest absolute Gasteiger partial charge is 0.490 e. The molecule has 1 aliphatic heterocycles. The standard InChI is InChI=1S/C28H29BNO6/c1-4-34-24-12-10-19(15-26(31)32)14-25(24)35-23-13-11-22(29-3)16-21(23)17-30-18(2)27(36-28(30)33)20-8-6-5-7-9-20/h5-14,16,18,27H,4,15,17H2,1-3H3,(H,31,32)/t18-,27-/m1/s1. The van der Waals surface area contributed by atoms with Crippen molar-refractivity contribution in [2.75, 3.05) is 6.61 Å². The minimum Gasteiger partial charge on any atom is -0.490 e. The molecule has 1 fully saturated rings. The highest BCUT2D eigenvalue weighted by Gasteiger charge is 2.39. The Kier molecular flexibility index (Phi) is 7.83. The van der Waals surface area contributed by atoms with Gasteiger partial charge in [0.15, 0.2) is 11.5 Å². The van der Waals surface area contributed by atoms with Crippen LogP contribution in [0.1, 0.15) is 36.6 Å². The maximum atomic E-state index is 12.9. The van der Waals surface area contributed by atoms with Gasteiger partial charge in [-0.2, -0.15) is 0 Å². The van der Waals surface area contributed by atoms with Gasteiger partial charge in [-0.05, 0) is 43.2 Å². The predicted octanol–water partition coefficient (Wildman–Crippen LogP) is 4.96. The summed E-state index contributed by atoms with van der Waals surface area (Å²) in [7, 11) is 1.98. The summed E-state index contributed by atoms with van der Waals surface area (Å²) in [4.78, 5) is 25.8. The number of benzene rings is 3. The molecule has 0 aliphatic carbocycles. The van der Waals surface area contributed by atoms with Crippen LogP contribution in [0.5, 0.6) is 17.2 Å². The first-order valence-electron chi connectivity index (χ1n) is 12.0. The summed E-state index contributed by atoms with van der Waals surface area (Å²) < 4.78 is 17.7. The van der Waals surface area contributed by atoms with E-state index >= 15 is 0 Å². The number of carboxylic acid groups (broad SMARTS) is 1. The van der Waals surface area contributed by atoms with Crippen molar-refractivity contribution in [1.82, 2.24) is 4.90 Å². The predicted molar refractivity (Wildman–Crippen MR) is 137 cm³/mol. The summed E-state index contributed by atoms with van der Waals surface area (Å²) in [6.07, 6.45) is -0.870. The first-order valence-corrected chi connectivity index (χ1v) is 12.0. The lowest BCUT2D eigenvalue weighted by Crippen LogP contribution is -2.32. The topological polar surface area (TPSA) is 85.3 Å². The lowest BCUT2D eigenvalue weighted by atomic mass is 9.73. The number of nitrogens with zero attached hydrogens (tertiary/aromatic N) is 1. The zero-order valence-corrected chi connectivity index (χ0v) is 20.6. The maximum absolute atomic E-state index is 12.9. The van der Waals surface area contributed by atoms with Crippen LogP contribution in [-0.2, 0) is 22.5 Å². The molecule has 1 radical (unpaired) electrons. The first kappa shape index (κ1) is 25.2. The van der Waals surface area contributed by atoms with Crippen LogP contribution < -0.4 is 14.9 Å². The number of hydrogen-bond donors (Lipinski definition) is 1. The molecule has 0 aromatic heterocycles. The average molecular weight is 486 g/mol. The minimum absolute atomic E-state index is 0.128. The molecule has 36 heavy (non-hydrogen) atoms. The number of cyclic esters (lactones) is 1. The van der Waals surface area contributed by atoms with Crippen LogP contribution in [0.4, 0.5) is 4.79 Å². The fourth-order valence-electron chi connectivity index (χ4n) is 4.30. The summed E-state index contributed by atoms with van der Waals surface area (Å²) in [5, 5.41) is 9.21. The van der Waals surface area contributed by atoms with E-state index in [0.717, 1.165) is 16.6 Å². The molecule has 0 saturated carbocycles. The molecule has 0 spiro atoms. The number of rotatable bonds is 10. The van der Waals surface area contributed by atoms with Gasteiger partial charge in [0.1, 0.15) is 19.1 Å². The third-order valence-corrected chi connectivity index (χ3v) is 6.16. The molecular weight excluding hydrogens is 457 g/mol. The molecule has 7 nitrogen and oxygen atoms in total. The summed E-state index contributed by atoms with van der Waals surface area (Å²) in [5.74, 6) is 0.562. The minimum atomic E-state index is -0.928. The Labute approximate surface area is 211 Å². The van der Waals surface area contributed by atoms with Gasteiger partial charge in [-0.15, -0.1) is 0 Å². The third-order valence-electron chi connectivity index (χ3n) is 6.16. The normalized spacial score (nSPS) is 17.0. The SMILES string of the molecule is C[B]c1ccc(Oc2cc(CC(=O)O)ccc2OCC)c(CN2C(=O)O[C@@H](c3ccccc3)[C@H]2C)c1. The summed E-state index contributed by atoms with van der Waals surface area (Å²) in [6, 6.07) is 20.4. The molecule has 1 amide bonds. The van der Waals surface area contributed by atoms with Gasteiger partial charge in [-0.1, -0.05) is 60.8 Å². The second-order valence-corrected chi connectivity index (χ2v) is 8.63. The van der Waals surface area contributed by atoms with Crippen LogP contribution in [0.3, 0.4) is 0 Å². The molecule has 1 N–H and O–H groups in total. The van der Waals surface area contributed by atoms with Gasteiger partial charge >= 0.3 is 12.1 Å². The average Bonchev–Trinajstić information content (AvgIpc) is 3.15. The molecule has 1 heterocycles. The Hall–Kier alpha value is -3.94. The number of aliphatic carboxylic acids is 1. The fourth-order valence-corrected chi connectivity index (χ4v) is 4.30. The Morgan fingerprint density at radius 3 is 2.50 bits per heavy atom. The Morgan fingerprint density at radius 2 is 1.81 bits per heavy atom. The molecule has 4 rings (SSSR count). The molecular formula is C28H29BNO6. The quantitative estimate of drug-likeness (QED) is 0.408. The van der Waals surface area contributed by atoms with Crippen molar-refractivity contribution in [2.24, 2.45) is 0 Å². The van der Waals surface area contributed by atoms with Crippen LogP contribution in [-0.4, -0.2) is 42.0 Å². The van der Waals surface area contributed by atoms with Crippen molar-refractivity contribution in [3.05, 3.63) is 83.4 Å². The smallest absolute Gasteiger partial charge is 0.411 e. The van der Waals surface area contributed by atoms with E-state index in [9.17, 15) is 14.7 Å². The summed E-state index contributed by atoms with van der Waals surface area (Å²) in [5.41, 5.74) is 3.34. The number of carbonyl (C=O) groups is 2. The van der Waals surface area contributed by atoms with Crippen molar-refractivity contribution < 1.29 is 28.9 Å². The molecule has 3 aromatic rings. The zero-order valence-electron chi connectivity index (χ0n) is 20.6. The molecule has 1 aliphatic rings. The molecule has 0 unspecified atom stereocenters. The molecule has 0 bridgehead atoms. The first-order chi connectivity index (χ1) is 17.4. The molecule has 185 valence electrons. The molecule has 3 aromatic carbocycles. The monoisotopic (exact) mass is 486 g/mol. The Bertz CT molecular complexity index is 1230. The number of carbonyl (C=O) groups excluding carboxylic acids is 1. The van der Waals surface area contributed by atoms with Crippen LogP contribution in [0.25, 0.3) is 0 Å². The van der Waals surface area contributed by atoms with Crippen LogP contribution in [0.15, 0.2) is 66.7 Å². The van der Waals surface area contributed by atoms with Gasteiger partial charge in [-0.3, -0.25) is 9.69 Å². The Morgan fingerprint density at radius 1 is 1.06 bits per heavy atom. The van der Waals surface area contributed by atoms with Crippen molar-refractivity contribution >= 4 is 24.8 Å².